The number of rotatable bonds is 7. The molecule has 2 aromatic rings. The minimum Gasteiger partial charge on any atom is -0.479 e. The van der Waals surface area contributed by atoms with Crippen molar-refractivity contribution in [3.63, 3.8) is 0 Å². The smallest absolute Gasteiger partial charge is 0.330 e. The molecule has 2 aromatic carbocycles. The van der Waals surface area contributed by atoms with E-state index < -0.39 is 93.8 Å². The lowest BCUT2D eigenvalue weighted by Crippen LogP contribution is -2.71. The van der Waals surface area contributed by atoms with E-state index in [0.29, 0.717) is 5.56 Å². The molecule has 5 atom stereocenters. The van der Waals surface area contributed by atoms with Crippen LogP contribution in [0, 0.1) is 0 Å². The first-order chi connectivity index (χ1) is 18.2. The highest BCUT2D eigenvalue weighted by Gasteiger charge is 2.64. The van der Waals surface area contributed by atoms with Crippen LogP contribution in [0.2, 0.25) is 0 Å². The Kier molecular flexibility index (Phi) is 4.83. The van der Waals surface area contributed by atoms with Gasteiger partial charge in [-0.3, -0.25) is 14.4 Å². The number of hydrogen-bond acceptors (Lipinski definition) is 6. The number of hydrogen-bond donors (Lipinski definition) is 4. The highest BCUT2D eigenvalue weighted by Crippen LogP contribution is 2.51. The number of carbonyl (C=O) groups is 4. The van der Waals surface area contributed by atoms with Gasteiger partial charge >= 0.3 is 5.97 Å². The molecule has 0 bridgehead atoms. The van der Waals surface area contributed by atoms with Crippen molar-refractivity contribution >= 4 is 35.5 Å². The summed E-state index contributed by atoms with van der Waals surface area (Å²) in [5.41, 5.74) is 5.93. The Morgan fingerprint density at radius 3 is 2.41 bits per heavy atom. The standard InChI is InChI=1S/C24H26N4O5S/c1-24(2)18(20(30)26-16(23(32)33)14-11-7-4-8-12-14)28-21(31)17(22(28)34-24)27-19(29)15(25)13-9-5-3-6-10-13/h3-12,15-18,22H,25H2,1-2H3,(H,26,30)(H,27,29)(H,32,33)/t15-,16-,17-,18+,22-/m1/s1/i3D,5D,6D,9D,10D. The fraction of sp³-hybridized carbons (Fsp3) is 0.333. The second-order valence-corrected chi connectivity index (χ2v) is 10.2. The molecular weight excluding hydrogens is 456 g/mol. The van der Waals surface area contributed by atoms with Crippen LogP contribution in [0.5, 0.6) is 0 Å². The molecule has 0 radical (unpaired) electrons. The molecule has 2 heterocycles. The molecule has 3 amide bonds. The molecule has 34 heavy (non-hydrogen) atoms. The highest BCUT2D eigenvalue weighted by atomic mass is 32.2. The van der Waals surface area contributed by atoms with Crippen LogP contribution in [-0.4, -0.2) is 55.9 Å². The summed E-state index contributed by atoms with van der Waals surface area (Å²) in [5, 5.41) is 14.0. The lowest BCUT2D eigenvalue weighted by molar-refractivity contribution is -0.156. The normalized spacial score (nSPS) is 26.4. The van der Waals surface area contributed by atoms with Crippen molar-refractivity contribution in [2.75, 3.05) is 0 Å². The zero-order chi connectivity index (χ0) is 29.0. The molecule has 0 spiro atoms. The van der Waals surface area contributed by atoms with Gasteiger partial charge in [0.1, 0.15) is 23.5 Å². The zero-order valence-electron chi connectivity index (χ0n) is 23.3. The maximum Gasteiger partial charge on any atom is 0.330 e. The predicted octanol–water partition coefficient (Wildman–Crippen LogP) is 1.18. The number of aliphatic carboxylic acids is 1. The van der Waals surface area contributed by atoms with E-state index in [1.54, 1.807) is 44.2 Å². The number of fused-ring (bicyclic) bond motifs is 1. The molecule has 0 saturated carbocycles. The summed E-state index contributed by atoms with van der Waals surface area (Å²) >= 11 is 1.24. The molecule has 2 aliphatic heterocycles. The highest BCUT2D eigenvalue weighted by molar-refractivity contribution is 8.01. The topological polar surface area (TPSA) is 142 Å². The molecule has 4 rings (SSSR count). The second-order valence-electron chi connectivity index (χ2n) is 8.45. The molecule has 10 heteroatoms. The van der Waals surface area contributed by atoms with E-state index in [1.807, 2.05) is 0 Å². The molecule has 5 N–H and O–H groups in total. The van der Waals surface area contributed by atoms with Crippen LogP contribution in [0.4, 0.5) is 0 Å². The van der Waals surface area contributed by atoms with Crippen molar-refractivity contribution in [1.82, 2.24) is 15.5 Å². The molecule has 178 valence electrons. The van der Waals surface area contributed by atoms with Crippen LogP contribution in [-0.2, 0) is 19.2 Å². The van der Waals surface area contributed by atoms with E-state index in [4.69, 9.17) is 12.6 Å². The summed E-state index contributed by atoms with van der Waals surface area (Å²) in [7, 11) is 0. The van der Waals surface area contributed by atoms with Gasteiger partial charge in [0.2, 0.25) is 17.7 Å². The first kappa shape index (κ1) is 18.0. The van der Waals surface area contributed by atoms with Gasteiger partial charge in [-0.15, -0.1) is 11.8 Å². The fourth-order valence-electron chi connectivity index (χ4n) is 4.11. The van der Waals surface area contributed by atoms with Gasteiger partial charge in [-0.05, 0) is 25.0 Å². The van der Waals surface area contributed by atoms with E-state index in [-0.39, 0.29) is 0 Å². The number of amides is 3. The Balaban J connectivity index is 1.51. The van der Waals surface area contributed by atoms with Gasteiger partial charge in [-0.2, -0.15) is 0 Å². The van der Waals surface area contributed by atoms with Crippen LogP contribution < -0.4 is 16.4 Å². The Morgan fingerprint density at radius 2 is 1.79 bits per heavy atom. The molecule has 0 aliphatic carbocycles. The summed E-state index contributed by atoms with van der Waals surface area (Å²) < 4.78 is 38.5. The number of carbonyl (C=O) groups excluding carboxylic acids is 3. The first-order valence-corrected chi connectivity index (χ1v) is 11.3. The average molecular weight is 488 g/mol. The molecular formula is C24H26N4O5S. The van der Waals surface area contributed by atoms with E-state index >= 15 is 0 Å². The van der Waals surface area contributed by atoms with Crippen molar-refractivity contribution in [2.24, 2.45) is 5.73 Å². The summed E-state index contributed by atoms with van der Waals surface area (Å²) in [6, 6.07) is -0.127. The Labute approximate surface area is 208 Å². The number of carboxylic acids is 1. The third-order valence-electron chi connectivity index (χ3n) is 5.77. The minimum absolute atomic E-state index is 0.361. The monoisotopic (exact) mass is 487 g/mol. The molecule has 2 aliphatic rings. The maximum absolute atomic E-state index is 13.3. The van der Waals surface area contributed by atoms with Gasteiger partial charge in [-0.25, -0.2) is 4.79 Å². The molecule has 9 nitrogen and oxygen atoms in total. The summed E-state index contributed by atoms with van der Waals surface area (Å²) in [4.78, 5) is 52.5. The molecule has 2 fully saturated rings. The number of thioether (sulfide) groups is 1. The van der Waals surface area contributed by atoms with Gasteiger partial charge in [-0.1, -0.05) is 60.5 Å². The van der Waals surface area contributed by atoms with Gasteiger partial charge < -0.3 is 26.4 Å². The largest absolute Gasteiger partial charge is 0.479 e. The van der Waals surface area contributed by atoms with Crippen molar-refractivity contribution in [2.45, 2.75) is 48.1 Å². The zero-order valence-corrected chi connectivity index (χ0v) is 19.1. The SMILES string of the molecule is [2H]c1c([2H])c([2H])c([C@@H](N)C(=O)N[C@@H]2C(=O)N3[C@@H]2SC(C)(C)[C@@H]3C(=O)N[C@@H](C(=O)O)c2ccccc2)c([2H])c1[2H]. The van der Waals surface area contributed by atoms with Crippen molar-refractivity contribution in [1.29, 1.82) is 0 Å². The van der Waals surface area contributed by atoms with Gasteiger partial charge in [0.25, 0.3) is 0 Å². The maximum atomic E-state index is 13.3. The predicted molar refractivity (Wildman–Crippen MR) is 126 cm³/mol. The van der Waals surface area contributed by atoms with E-state index in [1.165, 1.54) is 16.7 Å². The molecule has 0 unspecified atom stereocenters. The van der Waals surface area contributed by atoms with Crippen LogP contribution in [0.25, 0.3) is 0 Å². The number of nitrogens with zero attached hydrogens (tertiary/aromatic N) is 1. The second kappa shape index (κ2) is 9.11. The number of benzene rings is 2. The Hall–Kier alpha value is -3.37. The number of nitrogens with one attached hydrogen (secondary N) is 2. The molecule has 2 saturated heterocycles. The lowest BCUT2D eigenvalue weighted by atomic mass is 9.94. The average Bonchev–Trinajstić information content (AvgIpc) is 3.15. The van der Waals surface area contributed by atoms with Crippen LogP contribution in [0.1, 0.15) is 43.9 Å². The molecule has 0 aromatic heterocycles. The van der Waals surface area contributed by atoms with Crippen molar-refractivity contribution in [3.8, 4) is 0 Å². The fourth-order valence-corrected chi connectivity index (χ4v) is 5.75. The summed E-state index contributed by atoms with van der Waals surface area (Å²) in [5.74, 6) is -3.45. The van der Waals surface area contributed by atoms with Gasteiger partial charge in [0, 0.05) is 4.75 Å². The summed E-state index contributed by atoms with van der Waals surface area (Å²) in [6.45, 7) is 3.45. The van der Waals surface area contributed by atoms with Crippen LogP contribution >= 0.6 is 11.8 Å². The summed E-state index contributed by atoms with van der Waals surface area (Å²) in [6.07, 6.45) is 0. The van der Waals surface area contributed by atoms with Gasteiger partial charge in [0.05, 0.1) is 6.85 Å². The van der Waals surface area contributed by atoms with Gasteiger partial charge in [0.15, 0.2) is 6.04 Å². The number of carboxylic acid groups (broad SMARTS) is 1. The third kappa shape index (κ3) is 4.26. The Bertz CT molecular complexity index is 1350. The number of nitrogens with two attached hydrogens (primary N) is 1. The quantitative estimate of drug-likeness (QED) is 0.430. The van der Waals surface area contributed by atoms with E-state index in [2.05, 4.69) is 10.6 Å². The van der Waals surface area contributed by atoms with Crippen LogP contribution in [0.15, 0.2) is 60.5 Å². The third-order valence-corrected chi connectivity index (χ3v) is 7.34. The van der Waals surface area contributed by atoms with Crippen molar-refractivity contribution < 1.29 is 31.1 Å². The Morgan fingerprint density at radius 1 is 1.15 bits per heavy atom. The first-order valence-electron chi connectivity index (χ1n) is 12.9. The lowest BCUT2D eigenvalue weighted by Gasteiger charge is -2.44. The van der Waals surface area contributed by atoms with Crippen molar-refractivity contribution in [3.05, 3.63) is 71.7 Å². The van der Waals surface area contributed by atoms with E-state index in [0.717, 1.165) is 0 Å². The van der Waals surface area contributed by atoms with E-state index in [9.17, 15) is 24.3 Å². The van der Waals surface area contributed by atoms with Crippen LogP contribution in [0.3, 0.4) is 0 Å². The minimum atomic E-state index is -1.65. The number of β-lactam (4-membered cyclic amide) rings is 1.